The van der Waals surface area contributed by atoms with Crippen LogP contribution in [0, 0.1) is 5.92 Å². The number of rotatable bonds is 4. The van der Waals surface area contributed by atoms with Crippen LogP contribution in [-0.2, 0) is 22.4 Å². The molecule has 0 spiro atoms. The third kappa shape index (κ3) is 3.29. The normalized spacial score (nSPS) is 18.8. The Bertz CT molecular complexity index is 784. The monoisotopic (exact) mass is 377 g/mol. The Morgan fingerprint density at radius 1 is 1.28 bits per heavy atom. The number of fused-ring (bicyclic) bond motifs is 3. The Morgan fingerprint density at radius 3 is 2.84 bits per heavy atom. The summed E-state index contributed by atoms with van der Waals surface area (Å²) in [5, 5.41) is 2.06. The summed E-state index contributed by atoms with van der Waals surface area (Å²) in [4.78, 5) is 26.6. The number of thioether (sulfide) groups is 1. The fraction of sp³-hybridized carbons (Fsp3) is 0.611. The summed E-state index contributed by atoms with van der Waals surface area (Å²) < 4.78 is 5.39. The Hall–Kier alpha value is -1.18. The van der Waals surface area contributed by atoms with Crippen molar-refractivity contribution in [2.75, 3.05) is 26.3 Å². The molecule has 1 fully saturated rings. The third-order valence-electron chi connectivity index (χ3n) is 4.88. The molecule has 1 atom stereocenters. The van der Waals surface area contributed by atoms with Gasteiger partial charge in [-0.05, 0) is 30.7 Å². The summed E-state index contributed by atoms with van der Waals surface area (Å²) in [7, 11) is 0. The van der Waals surface area contributed by atoms with Crippen molar-refractivity contribution in [1.29, 1.82) is 0 Å². The lowest BCUT2D eigenvalue weighted by atomic mass is 10.1. The van der Waals surface area contributed by atoms with Gasteiger partial charge in [-0.2, -0.15) is 0 Å². The van der Waals surface area contributed by atoms with Gasteiger partial charge in [0.25, 0.3) is 0 Å². The molecule has 2 aromatic heterocycles. The smallest absolute Gasteiger partial charge is 0.236 e. The van der Waals surface area contributed by atoms with Crippen molar-refractivity contribution >= 4 is 39.2 Å². The molecular formula is C18H23N3O2S2. The largest absolute Gasteiger partial charge is 0.378 e. The molecule has 0 saturated carbocycles. The van der Waals surface area contributed by atoms with Crippen LogP contribution in [0.15, 0.2) is 11.4 Å². The van der Waals surface area contributed by atoms with Gasteiger partial charge in [0.2, 0.25) is 5.91 Å². The highest BCUT2D eigenvalue weighted by atomic mass is 32.2. The molecule has 1 saturated heterocycles. The first-order valence-electron chi connectivity index (χ1n) is 8.93. The number of aryl methyl sites for hydroxylation is 2. The Balaban J connectivity index is 1.64. The van der Waals surface area contributed by atoms with Gasteiger partial charge in [-0.25, -0.2) is 9.97 Å². The van der Waals surface area contributed by atoms with Crippen molar-refractivity contribution < 1.29 is 9.53 Å². The number of hydrogen-bond donors (Lipinski definition) is 0. The van der Waals surface area contributed by atoms with Crippen LogP contribution in [0.3, 0.4) is 0 Å². The molecule has 0 radical (unpaired) electrons. The number of carbonyl (C=O) groups is 1. The van der Waals surface area contributed by atoms with Crippen LogP contribution < -0.4 is 0 Å². The van der Waals surface area contributed by atoms with E-state index in [0.29, 0.717) is 26.3 Å². The van der Waals surface area contributed by atoms with E-state index in [1.54, 1.807) is 29.4 Å². The molecule has 7 heteroatoms. The van der Waals surface area contributed by atoms with E-state index in [1.165, 1.54) is 22.2 Å². The Kier molecular flexibility index (Phi) is 4.97. The predicted octanol–water partition coefficient (Wildman–Crippen LogP) is 3.16. The van der Waals surface area contributed by atoms with Crippen molar-refractivity contribution in [3.8, 4) is 0 Å². The lowest BCUT2D eigenvalue weighted by Gasteiger charge is -2.31. The molecule has 0 bridgehead atoms. The van der Waals surface area contributed by atoms with Gasteiger partial charge in [0.05, 0.1) is 18.5 Å². The van der Waals surface area contributed by atoms with E-state index in [9.17, 15) is 4.79 Å². The van der Waals surface area contributed by atoms with Crippen LogP contribution in [0.5, 0.6) is 0 Å². The van der Waals surface area contributed by atoms with E-state index >= 15 is 0 Å². The second-order valence-electron chi connectivity index (χ2n) is 6.94. The summed E-state index contributed by atoms with van der Waals surface area (Å²) in [6, 6.07) is 0. The van der Waals surface area contributed by atoms with Gasteiger partial charge in [-0.3, -0.25) is 4.79 Å². The Labute approximate surface area is 156 Å². The average molecular weight is 378 g/mol. The molecule has 2 aromatic rings. The number of amides is 1. The molecule has 0 N–H and O–H groups in total. The van der Waals surface area contributed by atoms with Gasteiger partial charge < -0.3 is 9.64 Å². The first-order valence-corrected chi connectivity index (χ1v) is 10.6. The third-order valence-corrected chi connectivity index (χ3v) is 7.61. The molecule has 1 aliphatic heterocycles. The zero-order valence-electron chi connectivity index (χ0n) is 14.7. The van der Waals surface area contributed by atoms with Crippen molar-refractivity contribution in [2.24, 2.45) is 5.92 Å². The van der Waals surface area contributed by atoms with Gasteiger partial charge in [0, 0.05) is 23.4 Å². The summed E-state index contributed by atoms with van der Waals surface area (Å²) in [6.07, 6.45) is 5.13. The highest BCUT2D eigenvalue weighted by Crippen LogP contribution is 2.41. The Morgan fingerprint density at radius 2 is 2.08 bits per heavy atom. The summed E-state index contributed by atoms with van der Waals surface area (Å²) in [5.41, 5.74) is 1.42. The maximum Gasteiger partial charge on any atom is 0.236 e. The van der Waals surface area contributed by atoms with Gasteiger partial charge >= 0.3 is 0 Å². The molecule has 2 aliphatic rings. The maximum atomic E-state index is 13.1. The quantitative estimate of drug-likeness (QED) is 0.605. The van der Waals surface area contributed by atoms with E-state index in [1.807, 2.05) is 4.90 Å². The number of ether oxygens (including phenoxy) is 1. The minimum absolute atomic E-state index is 0.117. The van der Waals surface area contributed by atoms with E-state index < -0.39 is 0 Å². The lowest BCUT2D eigenvalue weighted by Crippen LogP contribution is -2.46. The number of thiophene rings is 1. The van der Waals surface area contributed by atoms with Crippen LogP contribution in [0.1, 0.15) is 30.7 Å². The molecule has 4 rings (SSSR count). The molecule has 1 amide bonds. The van der Waals surface area contributed by atoms with E-state index in [-0.39, 0.29) is 17.1 Å². The molecule has 134 valence electrons. The SMILES string of the molecule is CC(C)[C@H](Sc1ncnc2sc3c(c12)CCC3)C(=O)N1CCOCC1. The molecule has 3 heterocycles. The first-order chi connectivity index (χ1) is 12.1. The number of morpholine rings is 1. The molecule has 1 aliphatic carbocycles. The summed E-state index contributed by atoms with van der Waals surface area (Å²) in [5.74, 6) is 0.457. The van der Waals surface area contributed by atoms with Crippen LogP contribution in [-0.4, -0.2) is 52.3 Å². The second kappa shape index (κ2) is 7.21. The highest BCUT2D eigenvalue weighted by Gasteiger charge is 2.31. The van der Waals surface area contributed by atoms with Crippen molar-refractivity contribution in [3.63, 3.8) is 0 Å². The summed E-state index contributed by atoms with van der Waals surface area (Å²) in [6.45, 7) is 6.89. The minimum atomic E-state index is -0.117. The van der Waals surface area contributed by atoms with E-state index in [2.05, 4.69) is 23.8 Å². The maximum absolute atomic E-state index is 13.1. The zero-order chi connectivity index (χ0) is 17.4. The van der Waals surface area contributed by atoms with Crippen molar-refractivity contribution in [3.05, 3.63) is 16.8 Å². The number of aromatic nitrogens is 2. The fourth-order valence-corrected chi connectivity index (χ4v) is 6.05. The molecule has 0 aromatic carbocycles. The second-order valence-corrected chi connectivity index (χ2v) is 9.15. The molecule has 0 unspecified atom stereocenters. The van der Waals surface area contributed by atoms with Gasteiger partial charge in [-0.15, -0.1) is 11.3 Å². The standard InChI is InChI=1S/C18H23N3O2S2/c1-11(2)15(18(22)21-6-8-23-9-7-21)25-17-14-12-4-3-5-13(12)24-16(14)19-10-20-17/h10-11,15H,3-9H2,1-2H3/t15-/m0/s1. The molecule has 5 nitrogen and oxygen atoms in total. The molecule has 25 heavy (non-hydrogen) atoms. The predicted molar refractivity (Wildman–Crippen MR) is 101 cm³/mol. The van der Waals surface area contributed by atoms with Crippen molar-refractivity contribution in [1.82, 2.24) is 14.9 Å². The average Bonchev–Trinajstić information content (AvgIpc) is 3.20. The number of hydrogen-bond acceptors (Lipinski definition) is 6. The topological polar surface area (TPSA) is 55.3 Å². The van der Waals surface area contributed by atoms with Gasteiger partial charge in [0.15, 0.2) is 0 Å². The van der Waals surface area contributed by atoms with E-state index in [4.69, 9.17) is 4.74 Å². The van der Waals surface area contributed by atoms with Crippen molar-refractivity contribution in [2.45, 2.75) is 43.4 Å². The van der Waals surface area contributed by atoms with E-state index in [0.717, 1.165) is 22.7 Å². The summed E-state index contributed by atoms with van der Waals surface area (Å²) >= 11 is 3.42. The first kappa shape index (κ1) is 17.2. The van der Waals surface area contributed by atoms with Crippen LogP contribution in [0.2, 0.25) is 0 Å². The number of carbonyl (C=O) groups excluding carboxylic acids is 1. The number of nitrogens with zero attached hydrogens (tertiary/aromatic N) is 3. The van der Waals surface area contributed by atoms with Crippen LogP contribution in [0.4, 0.5) is 0 Å². The lowest BCUT2D eigenvalue weighted by molar-refractivity contribution is -0.135. The fourth-order valence-electron chi connectivity index (χ4n) is 3.54. The van der Waals surface area contributed by atoms with Crippen LogP contribution in [0.25, 0.3) is 10.2 Å². The molecular weight excluding hydrogens is 354 g/mol. The van der Waals surface area contributed by atoms with Gasteiger partial charge in [-0.1, -0.05) is 25.6 Å². The van der Waals surface area contributed by atoms with Gasteiger partial charge in [0.1, 0.15) is 16.2 Å². The minimum Gasteiger partial charge on any atom is -0.378 e. The zero-order valence-corrected chi connectivity index (χ0v) is 16.3. The highest BCUT2D eigenvalue weighted by molar-refractivity contribution is 8.00. The van der Waals surface area contributed by atoms with Crippen LogP contribution >= 0.6 is 23.1 Å².